The standard InChI is InChI=1S/C34H34N4O2.ClH/c1-23-12-14-24(15-13-23)29-8-4-5-9-30(29)33(39)35-26-18-16-25(17-19-26)34(40)38-22-28-20-27(36(2)3)21-37(28)31-10-6-7-11-32(31)38;/h4-19,27-28H,20-22H2,1-3H3,(H,35,39);1H. The molecule has 7 heteroatoms. The van der Waals surface area contributed by atoms with E-state index in [-0.39, 0.29) is 24.2 Å². The second-order valence-corrected chi connectivity index (χ2v) is 11.0. The average molecular weight is 567 g/mol. The maximum Gasteiger partial charge on any atom is 0.258 e. The smallest absolute Gasteiger partial charge is 0.258 e. The SMILES string of the molecule is Cc1ccc(-c2ccccc2C(=O)Nc2ccc(C(=O)N3CC4CC(N(C)C)CN4c4ccccc43)cc2)cc1.Cl. The number of carbonyl (C=O) groups excluding carboxylic acids is 2. The molecule has 2 aliphatic rings. The van der Waals surface area contributed by atoms with E-state index in [1.54, 1.807) is 24.3 Å². The van der Waals surface area contributed by atoms with E-state index in [0.29, 0.717) is 35.4 Å². The van der Waals surface area contributed by atoms with Crippen LogP contribution in [0.2, 0.25) is 0 Å². The third-order valence-corrected chi connectivity index (χ3v) is 8.17. The van der Waals surface area contributed by atoms with Crippen molar-refractivity contribution in [3.8, 4) is 11.1 Å². The Bertz CT molecular complexity index is 1550. The molecule has 6 rings (SSSR count). The summed E-state index contributed by atoms with van der Waals surface area (Å²) in [7, 11) is 4.25. The van der Waals surface area contributed by atoms with Crippen molar-refractivity contribution in [3.05, 3.63) is 114 Å². The van der Waals surface area contributed by atoms with Gasteiger partial charge in [0.25, 0.3) is 11.8 Å². The number of anilines is 3. The molecule has 210 valence electrons. The monoisotopic (exact) mass is 566 g/mol. The predicted octanol–water partition coefficient (Wildman–Crippen LogP) is 6.51. The van der Waals surface area contributed by atoms with E-state index in [2.05, 4.69) is 35.3 Å². The van der Waals surface area contributed by atoms with Gasteiger partial charge in [-0.05, 0) is 81.0 Å². The molecule has 2 aliphatic heterocycles. The van der Waals surface area contributed by atoms with Crippen LogP contribution >= 0.6 is 12.4 Å². The number of fused-ring (bicyclic) bond motifs is 3. The van der Waals surface area contributed by atoms with Gasteiger partial charge >= 0.3 is 0 Å². The maximum atomic E-state index is 13.8. The Hall–Kier alpha value is -4.13. The molecule has 0 radical (unpaired) electrons. The minimum Gasteiger partial charge on any atom is -0.363 e. The van der Waals surface area contributed by atoms with Gasteiger partial charge in [-0.3, -0.25) is 9.59 Å². The van der Waals surface area contributed by atoms with Crippen LogP contribution in [0, 0.1) is 6.92 Å². The summed E-state index contributed by atoms with van der Waals surface area (Å²) in [6, 6.07) is 31.9. The molecular weight excluding hydrogens is 532 g/mol. The lowest BCUT2D eigenvalue weighted by Gasteiger charge is -2.40. The van der Waals surface area contributed by atoms with Crippen LogP contribution in [-0.2, 0) is 0 Å². The molecule has 0 spiro atoms. The van der Waals surface area contributed by atoms with Crippen LogP contribution in [0.25, 0.3) is 11.1 Å². The van der Waals surface area contributed by atoms with Crippen LogP contribution in [0.1, 0.15) is 32.7 Å². The number of nitrogens with zero attached hydrogens (tertiary/aromatic N) is 3. The molecule has 0 aliphatic carbocycles. The van der Waals surface area contributed by atoms with Crippen molar-refractivity contribution in [2.75, 3.05) is 42.3 Å². The Labute approximate surface area is 248 Å². The lowest BCUT2D eigenvalue weighted by molar-refractivity contribution is 0.0983. The zero-order valence-corrected chi connectivity index (χ0v) is 24.4. The number of hydrogen-bond acceptors (Lipinski definition) is 4. The van der Waals surface area contributed by atoms with E-state index in [4.69, 9.17) is 0 Å². The van der Waals surface area contributed by atoms with E-state index in [1.807, 2.05) is 78.6 Å². The fraction of sp³-hybridized carbons (Fsp3) is 0.235. The topological polar surface area (TPSA) is 55.9 Å². The molecule has 0 saturated carbocycles. The summed E-state index contributed by atoms with van der Waals surface area (Å²) in [5.41, 5.74) is 6.98. The molecule has 4 aromatic carbocycles. The van der Waals surface area contributed by atoms with E-state index < -0.39 is 0 Å². The Morgan fingerprint density at radius 3 is 2.17 bits per heavy atom. The van der Waals surface area contributed by atoms with Crippen LogP contribution in [0.5, 0.6) is 0 Å². The fourth-order valence-electron chi connectivity index (χ4n) is 5.89. The minimum absolute atomic E-state index is 0. The molecule has 0 bridgehead atoms. The third-order valence-electron chi connectivity index (χ3n) is 8.17. The van der Waals surface area contributed by atoms with Crippen molar-refractivity contribution in [2.45, 2.75) is 25.4 Å². The number of hydrogen-bond donors (Lipinski definition) is 1. The molecule has 2 unspecified atom stereocenters. The maximum absolute atomic E-state index is 13.8. The van der Waals surface area contributed by atoms with Crippen molar-refractivity contribution in [3.63, 3.8) is 0 Å². The van der Waals surface area contributed by atoms with E-state index in [0.717, 1.165) is 35.5 Å². The van der Waals surface area contributed by atoms with Gasteiger partial charge in [0.1, 0.15) is 0 Å². The number of aryl methyl sites for hydroxylation is 1. The highest BCUT2D eigenvalue weighted by molar-refractivity contribution is 6.10. The number of halogens is 1. The van der Waals surface area contributed by atoms with Crippen LogP contribution < -0.4 is 15.1 Å². The van der Waals surface area contributed by atoms with Gasteiger partial charge in [-0.25, -0.2) is 0 Å². The molecule has 0 aromatic heterocycles. The second-order valence-electron chi connectivity index (χ2n) is 11.0. The van der Waals surface area contributed by atoms with Gasteiger partial charge in [0, 0.05) is 42.0 Å². The Morgan fingerprint density at radius 1 is 0.805 bits per heavy atom. The van der Waals surface area contributed by atoms with Crippen molar-refractivity contribution in [1.29, 1.82) is 0 Å². The van der Waals surface area contributed by atoms with Gasteiger partial charge in [0.15, 0.2) is 0 Å². The van der Waals surface area contributed by atoms with Crippen LogP contribution in [0.3, 0.4) is 0 Å². The van der Waals surface area contributed by atoms with Gasteiger partial charge < -0.3 is 20.0 Å². The van der Waals surface area contributed by atoms with Gasteiger partial charge in [-0.1, -0.05) is 60.2 Å². The van der Waals surface area contributed by atoms with E-state index in [1.165, 1.54) is 5.56 Å². The van der Waals surface area contributed by atoms with Crippen molar-refractivity contribution >= 4 is 41.3 Å². The molecular formula is C34H35ClN4O2. The molecule has 4 aromatic rings. The predicted molar refractivity (Wildman–Crippen MR) is 170 cm³/mol. The van der Waals surface area contributed by atoms with Crippen molar-refractivity contribution < 1.29 is 9.59 Å². The number of para-hydroxylation sites is 2. The van der Waals surface area contributed by atoms with Gasteiger partial charge in [-0.15, -0.1) is 12.4 Å². The molecule has 1 fully saturated rings. The molecule has 1 N–H and O–H groups in total. The minimum atomic E-state index is -0.183. The number of rotatable bonds is 5. The molecule has 1 saturated heterocycles. The van der Waals surface area contributed by atoms with E-state index >= 15 is 0 Å². The lowest BCUT2D eigenvalue weighted by Crippen LogP contribution is -2.48. The van der Waals surface area contributed by atoms with Crippen LogP contribution in [0.15, 0.2) is 97.1 Å². The first-order valence-corrected chi connectivity index (χ1v) is 13.8. The number of nitrogens with one attached hydrogen (secondary N) is 1. The summed E-state index contributed by atoms with van der Waals surface area (Å²) in [5, 5.41) is 3.01. The summed E-state index contributed by atoms with van der Waals surface area (Å²) in [6.07, 6.45) is 1.03. The molecule has 2 heterocycles. The number of benzene rings is 4. The van der Waals surface area contributed by atoms with E-state index in [9.17, 15) is 9.59 Å². The van der Waals surface area contributed by atoms with Crippen molar-refractivity contribution in [1.82, 2.24) is 4.90 Å². The first-order valence-electron chi connectivity index (χ1n) is 13.8. The summed E-state index contributed by atoms with van der Waals surface area (Å²) in [5.74, 6) is -0.208. The van der Waals surface area contributed by atoms with Gasteiger partial charge in [-0.2, -0.15) is 0 Å². The number of carbonyl (C=O) groups is 2. The first-order chi connectivity index (χ1) is 19.4. The normalized spacial score (nSPS) is 17.5. The lowest BCUT2D eigenvalue weighted by atomic mass is 9.98. The Kier molecular flexibility index (Phi) is 8.15. The number of likely N-dealkylation sites (N-methyl/N-ethyl adjacent to an activating group) is 1. The fourth-order valence-corrected chi connectivity index (χ4v) is 5.89. The summed E-state index contributed by atoms with van der Waals surface area (Å²) >= 11 is 0. The highest BCUT2D eigenvalue weighted by Gasteiger charge is 2.40. The average Bonchev–Trinajstić information content (AvgIpc) is 3.42. The Balaban J connectivity index is 0.00000337. The Morgan fingerprint density at radius 2 is 1.46 bits per heavy atom. The van der Waals surface area contributed by atoms with Gasteiger partial charge in [0.2, 0.25) is 0 Å². The zero-order chi connectivity index (χ0) is 27.8. The summed E-state index contributed by atoms with van der Waals surface area (Å²) in [4.78, 5) is 33.7. The molecule has 6 nitrogen and oxygen atoms in total. The first kappa shape index (κ1) is 28.4. The summed E-state index contributed by atoms with van der Waals surface area (Å²) in [6.45, 7) is 3.68. The number of amides is 2. The largest absolute Gasteiger partial charge is 0.363 e. The quantitative estimate of drug-likeness (QED) is 0.299. The third kappa shape index (κ3) is 5.58. The molecule has 2 amide bonds. The van der Waals surface area contributed by atoms with Crippen LogP contribution in [0.4, 0.5) is 17.1 Å². The molecule has 41 heavy (non-hydrogen) atoms. The summed E-state index contributed by atoms with van der Waals surface area (Å²) < 4.78 is 0. The second kappa shape index (κ2) is 11.8. The molecule has 2 atom stereocenters. The van der Waals surface area contributed by atoms with Crippen molar-refractivity contribution in [2.24, 2.45) is 0 Å². The highest BCUT2D eigenvalue weighted by Crippen LogP contribution is 2.40. The zero-order valence-electron chi connectivity index (χ0n) is 23.6. The van der Waals surface area contributed by atoms with Gasteiger partial charge in [0.05, 0.1) is 11.4 Å². The highest BCUT2D eigenvalue weighted by atomic mass is 35.5. The van der Waals surface area contributed by atoms with Crippen LogP contribution in [-0.4, -0.2) is 56.0 Å².